The second-order valence-electron chi connectivity index (χ2n) is 6.30. The number of rotatable bonds is 9. The Kier molecular flexibility index (Phi) is 7.32. The van der Waals surface area contributed by atoms with E-state index in [1.165, 1.54) is 18.2 Å². The third-order valence-electron chi connectivity index (χ3n) is 3.55. The highest BCUT2D eigenvalue weighted by Crippen LogP contribution is 2.15. The van der Waals surface area contributed by atoms with Crippen LogP contribution in [0.1, 0.15) is 25.0 Å². The number of amides is 1. The van der Waals surface area contributed by atoms with Gasteiger partial charge < -0.3 is 10.1 Å². The summed E-state index contributed by atoms with van der Waals surface area (Å²) in [5.41, 5.74) is 1.28. The van der Waals surface area contributed by atoms with Gasteiger partial charge in [-0.25, -0.2) is 17.5 Å². The lowest BCUT2D eigenvalue weighted by Gasteiger charge is -2.13. The van der Waals surface area contributed by atoms with Crippen molar-refractivity contribution in [2.45, 2.75) is 32.2 Å². The summed E-state index contributed by atoms with van der Waals surface area (Å²) in [7, 11) is -3.48. The molecule has 0 radical (unpaired) electrons. The fourth-order valence-electron chi connectivity index (χ4n) is 2.43. The van der Waals surface area contributed by atoms with E-state index >= 15 is 0 Å². The normalized spacial score (nSPS) is 11.4. The van der Waals surface area contributed by atoms with Gasteiger partial charge >= 0.3 is 0 Å². The fraction of sp³-hybridized carbons (Fsp3) is 0.316. The van der Waals surface area contributed by atoms with Crippen LogP contribution in [-0.4, -0.2) is 27.0 Å². The molecule has 2 aromatic rings. The van der Waals surface area contributed by atoms with Gasteiger partial charge in [0.25, 0.3) is 5.91 Å². The van der Waals surface area contributed by atoms with Gasteiger partial charge in [-0.05, 0) is 37.1 Å². The fourth-order valence-corrected chi connectivity index (χ4v) is 3.92. The molecule has 0 saturated heterocycles. The van der Waals surface area contributed by atoms with Crippen molar-refractivity contribution in [1.29, 1.82) is 0 Å². The quantitative estimate of drug-likeness (QED) is 0.684. The summed E-state index contributed by atoms with van der Waals surface area (Å²) >= 11 is 0. The van der Waals surface area contributed by atoms with E-state index in [0.717, 1.165) is 0 Å². The smallest absolute Gasteiger partial charge is 0.258 e. The van der Waals surface area contributed by atoms with E-state index in [4.69, 9.17) is 4.74 Å². The highest BCUT2D eigenvalue weighted by Gasteiger charge is 2.15. The number of para-hydroxylation sites is 1. The minimum absolute atomic E-state index is 0.00102. The summed E-state index contributed by atoms with van der Waals surface area (Å²) in [6, 6.07) is 12.6. The van der Waals surface area contributed by atoms with Gasteiger partial charge in [-0.2, -0.15) is 0 Å². The highest BCUT2D eigenvalue weighted by molar-refractivity contribution is 7.88. The standard InChI is InChI=1S/C19H23FN2O4S/c1-14(2)22-27(24,25)13-16-8-4-3-7-15(16)11-21-19(23)12-26-18-10-6-5-9-17(18)20/h3-10,14,22H,11-13H2,1-2H3,(H,21,23). The maximum absolute atomic E-state index is 13.5. The Labute approximate surface area is 158 Å². The number of sulfonamides is 1. The zero-order valence-electron chi connectivity index (χ0n) is 15.2. The predicted octanol–water partition coefficient (Wildman–Crippen LogP) is 2.35. The van der Waals surface area contributed by atoms with Crippen LogP contribution in [0.3, 0.4) is 0 Å². The van der Waals surface area contributed by atoms with E-state index in [1.807, 2.05) is 0 Å². The summed E-state index contributed by atoms with van der Waals surface area (Å²) < 4.78 is 45.4. The molecule has 6 nitrogen and oxygen atoms in total. The third kappa shape index (κ3) is 6.99. The molecule has 1 amide bonds. The molecule has 0 fully saturated rings. The molecule has 2 N–H and O–H groups in total. The molecular weight excluding hydrogens is 371 g/mol. The van der Waals surface area contributed by atoms with Crippen molar-refractivity contribution in [3.63, 3.8) is 0 Å². The van der Waals surface area contributed by atoms with Crippen molar-refractivity contribution in [2.75, 3.05) is 6.61 Å². The molecule has 2 rings (SSSR count). The van der Waals surface area contributed by atoms with Crippen molar-refractivity contribution < 1.29 is 22.3 Å². The predicted molar refractivity (Wildman–Crippen MR) is 101 cm³/mol. The molecule has 0 heterocycles. The zero-order valence-corrected chi connectivity index (χ0v) is 16.1. The molecule has 0 saturated carbocycles. The van der Waals surface area contributed by atoms with Crippen molar-refractivity contribution in [3.05, 3.63) is 65.5 Å². The Hall–Kier alpha value is -2.45. The zero-order chi connectivity index (χ0) is 19.9. The molecule has 0 aromatic heterocycles. The summed E-state index contributed by atoms with van der Waals surface area (Å²) in [6.45, 7) is 3.31. The van der Waals surface area contributed by atoms with Crippen LogP contribution in [0.4, 0.5) is 4.39 Å². The molecular formula is C19H23FN2O4S. The number of ether oxygens (including phenoxy) is 1. The lowest BCUT2D eigenvalue weighted by Crippen LogP contribution is -2.32. The third-order valence-corrected chi connectivity index (χ3v) is 5.07. The van der Waals surface area contributed by atoms with Crippen LogP contribution < -0.4 is 14.8 Å². The van der Waals surface area contributed by atoms with Crippen molar-refractivity contribution in [2.24, 2.45) is 0 Å². The van der Waals surface area contributed by atoms with Crippen LogP contribution in [0, 0.1) is 5.82 Å². The summed E-state index contributed by atoms with van der Waals surface area (Å²) in [5.74, 6) is -1.16. The number of carbonyl (C=O) groups is 1. The molecule has 2 aromatic carbocycles. The van der Waals surface area contributed by atoms with Crippen LogP contribution in [0.2, 0.25) is 0 Å². The number of carbonyl (C=O) groups excluding carboxylic acids is 1. The molecule has 27 heavy (non-hydrogen) atoms. The van der Waals surface area contributed by atoms with Gasteiger partial charge in [-0.1, -0.05) is 36.4 Å². The molecule has 0 unspecified atom stereocenters. The first-order chi connectivity index (χ1) is 12.8. The van der Waals surface area contributed by atoms with Crippen LogP contribution in [-0.2, 0) is 27.1 Å². The molecule has 0 bridgehead atoms. The molecule has 8 heteroatoms. The van der Waals surface area contributed by atoms with E-state index in [0.29, 0.717) is 11.1 Å². The monoisotopic (exact) mass is 394 g/mol. The van der Waals surface area contributed by atoms with Gasteiger partial charge in [0.05, 0.1) is 5.75 Å². The Morgan fingerprint density at radius 2 is 1.70 bits per heavy atom. The van der Waals surface area contributed by atoms with E-state index in [9.17, 15) is 17.6 Å². The van der Waals surface area contributed by atoms with Crippen molar-refractivity contribution in [1.82, 2.24) is 10.0 Å². The lowest BCUT2D eigenvalue weighted by molar-refractivity contribution is -0.123. The molecule has 0 atom stereocenters. The topological polar surface area (TPSA) is 84.5 Å². The Morgan fingerprint density at radius 1 is 1.07 bits per heavy atom. The van der Waals surface area contributed by atoms with Gasteiger partial charge in [0, 0.05) is 12.6 Å². The second kappa shape index (κ2) is 9.48. The average Bonchev–Trinajstić information content (AvgIpc) is 2.59. The van der Waals surface area contributed by atoms with Crippen molar-refractivity contribution in [3.8, 4) is 5.75 Å². The van der Waals surface area contributed by atoms with E-state index in [-0.39, 0.29) is 30.7 Å². The number of nitrogens with one attached hydrogen (secondary N) is 2. The number of benzene rings is 2. The van der Waals surface area contributed by atoms with Crippen LogP contribution in [0.5, 0.6) is 5.75 Å². The maximum atomic E-state index is 13.5. The highest BCUT2D eigenvalue weighted by atomic mass is 32.2. The minimum atomic E-state index is -3.48. The number of hydrogen-bond donors (Lipinski definition) is 2. The van der Waals surface area contributed by atoms with Gasteiger partial charge in [-0.3, -0.25) is 4.79 Å². The van der Waals surface area contributed by atoms with E-state index in [1.54, 1.807) is 44.2 Å². The Morgan fingerprint density at radius 3 is 2.37 bits per heavy atom. The SMILES string of the molecule is CC(C)NS(=O)(=O)Cc1ccccc1CNC(=O)COc1ccccc1F. The molecule has 0 aliphatic heterocycles. The second-order valence-corrected chi connectivity index (χ2v) is 8.05. The Bertz CT molecular complexity index is 885. The van der Waals surface area contributed by atoms with Gasteiger partial charge in [-0.15, -0.1) is 0 Å². The molecule has 0 aliphatic carbocycles. The first-order valence-electron chi connectivity index (χ1n) is 8.47. The maximum Gasteiger partial charge on any atom is 0.258 e. The van der Waals surface area contributed by atoms with Crippen LogP contribution in [0.15, 0.2) is 48.5 Å². The van der Waals surface area contributed by atoms with Crippen LogP contribution >= 0.6 is 0 Å². The first kappa shape index (κ1) is 20.9. The van der Waals surface area contributed by atoms with E-state index < -0.39 is 21.7 Å². The van der Waals surface area contributed by atoms with Gasteiger partial charge in [0.15, 0.2) is 18.2 Å². The summed E-state index contributed by atoms with van der Waals surface area (Å²) in [4.78, 5) is 12.0. The summed E-state index contributed by atoms with van der Waals surface area (Å²) in [6.07, 6.45) is 0. The van der Waals surface area contributed by atoms with Crippen molar-refractivity contribution >= 4 is 15.9 Å². The van der Waals surface area contributed by atoms with E-state index in [2.05, 4.69) is 10.0 Å². The molecule has 146 valence electrons. The average molecular weight is 394 g/mol. The molecule has 0 spiro atoms. The largest absolute Gasteiger partial charge is 0.481 e. The van der Waals surface area contributed by atoms with Crippen LogP contribution in [0.25, 0.3) is 0 Å². The minimum Gasteiger partial charge on any atom is -0.481 e. The van der Waals surface area contributed by atoms with Gasteiger partial charge in [0.1, 0.15) is 0 Å². The first-order valence-corrected chi connectivity index (χ1v) is 10.1. The lowest BCUT2D eigenvalue weighted by atomic mass is 10.1. The number of halogens is 1. The molecule has 0 aliphatic rings. The number of hydrogen-bond acceptors (Lipinski definition) is 4. The Balaban J connectivity index is 1.94. The van der Waals surface area contributed by atoms with Gasteiger partial charge in [0.2, 0.25) is 10.0 Å². The summed E-state index contributed by atoms with van der Waals surface area (Å²) in [5, 5.41) is 2.65.